The lowest BCUT2D eigenvalue weighted by molar-refractivity contribution is -0.122. The van der Waals surface area contributed by atoms with Crippen molar-refractivity contribution >= 4 is 35.8 Å². The maximum atomic E-state index is 11.6. The maximum absolute atomic E-state index is 11.6. The zero-order valence-electron chi connectivity index (χ0n) is 15.5. The topological polar surface area (TPSA) is 65.5 Å². The summed E-state index contributed by atoms with van der Waals surface area (Å²) in [6.45, 7) is 9.22. The van der Waals surface area contributed by atoms with E-state index in [9.17, 15) is 4.79 Å². The van der Waals surface area contributed by atoms with Gasteiger partial charge in [0.2, 0.25) is 5.91 Å². The molecular formula is C19H31IN4O. The van der Waals surface area contributed by atoms with E-state index in [1.54, 1.807) is 0 Å². The van der Waals surface area contributed by atoms with Gasteiger partial charge in [-0.25, -0.2) is 0 Å². The molecule has 5 nitrogen and oxygen atoms in total. The number of aryl methyl sites for hydroxylation is 1. The average molecular weight is 458 g/mol. The first-order valence-electron chi connectivity index (χ1n) is 8.96. The van der Waals surface area contributed by atoms with E-state index in [1.807, 2.05) is 0 Å². The lowest BCUT2D eigenvalue weighted by atomic mass is 10.00. The predicted octanol–water partition coefficient (Wildman–Crippen LogP) is 2.80. The van der Waals surface area contributed by atoms with E-state index >= 15 is 0 Å². The summed E-state index contributed by atoms with van der Waals surface area (Å²) in [6, 6.07) is 8.58. The molecule has 0 aromatic heterocycles. The molecular weight excluding hydrogens is 427 g/mol. The lowest BCUT2D eigenvalue weighted by Crippen LogP contribution is -2.42. The van der Waals surface area contributed by atoms with Crippen LogP contribution in [0, 0.1) is 12.8 Å². The number of carbonyl (C=O) groups excluding carboxylic acids is 1. The fourth-order valence-corrected chi connectivity index (χ4v) is 2.51. The van der Waals surface area contributed by atoms with Gasteiger partial charge in [-0.15, -0.1) is 24.0 Å². The SMILES string of the molecule is CCNC(=NCC(C)c1cccc(C)c1)NCCNC(=O)C1CC1.I. The van der Waals surface area contributed by atoms with Crippen LogP contribution in [-0.4, -0.2) is 38.0 Å². The molecule has 25 heavy (non-hydrogen) atoms. The highest BCUT2D eigenvalue weighted by Gasteiger charge is 2.28. The molecule has 1 amide bonds. The largest absolute Gasteiger partial charge is 0.357 e. The number of hydrogen-bond donors (Lipinski definition) is 3. The molecule has 1 unspecified atom stereocenters. The smallest absolute Gasteiger partial charge is 0.223 e. The average Bonchev–Trinajstić information content (AvgIpc) is 3.41. The highest BCUT2D eigenvalue weighted by atomic mass is 127. The van der Waals surface area contributed by atoms with Gasteiger partial charge >= 0.3 is 0 Å². The minimum atomic E-state index is 0. The van der Waals surface area contributed by atoms with Crippen LogP contribution in [0.25, 0.3) is 0 Å². The summed E-state index contributed by atoms with van der Waals surface area (Å²) in [5.74, 6) is 1.63. The number of aliphatic imine (C=N–C) groups is 1. The Balaban J connectivity index is 0.00000312. The molecule has 140 valence electrons. The van der Waals surface area contributed by atoms with Crippen molar-refractivity contribution in [2.45, 2.75) is 39.5 Å². The summed E-state index contributed by atoms with van der Waals surface area (Å²) in [7, 11) is 0. The fraction of sp³-hybridized carbons (Fsp3) is 0.579. The first-order chi connectivity index (χ1) is 11.6. The van der Waals surface area contributed by atoms with Crippen LogP contribution in [0.1, 0.15) is 43.7 Å². The number of rotatable bonds is 8. The van der Waals surface area contributed by atoms with E-state index in [2.05, 4.69) is 66.0 Å². The van der Waals surface area contributed by atoms with E-state index in [-0.39, 0.29) is 35.8 Å². The van der Waals surface area contributed by atoms with Crippen molar-refractivity contribution in [3.63, 3.8) is 0 Å². The minimum absolute atomic E-state index is 0. The van der Waals surface area contributed by atoms with Crippen LogP contribution in [0.2, 0.25) is 0 Å². The molecule has 0 radical (unpaired) electrons. The Hall–Kier alpha value is -1.31. The number of halogens is 1. The van der Waals surface area contributed by atoms with Crippen LogP contribution in [0.15, 0.2) is 29.3 Å². The maximum Gasteiger partial charge on any atom is 0.223 e. The fourth-order valence-electron chi connectivity index (χ4n) is 2.51. The normalized spacial score (nSPS) is 15.1. The summed E-state index contributed by atoms with van der Waals surface area (Å²) >= 11 is 0. The first kappa shape index (κ1) is 21.7. The number of amides is 1. The van der Waals surface area contributed by atoms with Gasteiger partial charge in [0.05, 0.1) is 0 Å². The monoisotopic (exact) mass is 458 g/mol. The molecule has 0 spiro atoms. The van der Waals surface area contributed by atoms with E-state index in [0.29, 0.717) is 19.0 Å². The Kier molecular flexibility index (Phi) is 9.85. The second kappa shape index (κ2) is 11.3. The zero-order valence-corrected chi connectivity index (χ0v) is 17.8. The molecule has 1 aliphatic carbocycles. The van der Waals surface area contributed by atoms with Gasteiger partial charge in [-0.2, -0.15) is 0 Å². The number of benzene rings is 1. The number of carbonyl (C=O) groups is 1. The van der Waals surface area contributed by atoms with Crippen molar-refractivity contribution in [2.24, 2.45) is 10.9 Å². The lowest BCUT2D eigenvalue weighted by Gasteiger charge is -2.14. The molecule has 1 aromatic carbocycles. The van der Waals surface area contributed by atoms with E-state index in [1.165, 1.54) is 11.1 Å². The number of nitrogens with one attached hydrogen (secondary N) is 3. The second-order valence-electron chi connectivity index (χ2n) is 6.53. The van der Waals surface area contributed by atoms with Crippen molar-refractivity contribution in [2.75, 3.05) is 26.2 Å². The van der Waals surface area contributed by atoms with Crippen molar-refractivity contribution in [1.82, 2.24) is 16.0 Å². The van der Waals surface area contributed by atoms with Crippen LogP contribution >= 0.6 is 24.0 Å². The third kappa shape index (κ3) is 8.07. The molecule has 0 heterocycles. The predicted molar refractivity (Wildman–Crippen MR) is 115 cm³/mol. The molecule has 0 bridgehead atoms. The van der Waals surface area contributed by atoms with Gasteiger partial charge in [0, 0.05) is 38.0 Å². The Bertz CT molecular complexity index is 572. The summed E-state index contributed by atoms with van der Waals surface area (Å²) in [5.41, 5.74) is 2.59. The van der Waals surface area contributed by atoms with Gasteiger partial charge in [-0.05, 0) is 32.3 Å². The van der Waals surface area contributed by atoms with Gasteiger partial charge in [0.25, 0.3) is 0 Å². The molecule has 6 heteroatoms. The van der Waals surface area contributed by atoms with Gasteiger partial charge in [-0.3, -0.25) is 9.79 Å². The van der Waals surface area contributed by atoms with Crippen molar-refractivity contribution in [1.29, 1.82) is 0 Å². The van der Waals surface area contributed by atoms with Crippen LogP contribution in [0.5, 0.6) is 0 Å². The second-order valence-corrected chi connectivity index (χ2v) is 6.53. The highest BCUT2D eigenvalue weighted by molar-refractivity contribution is 14.0. The Morgan fingerprint density at radius 1 is 1.24 bits per heavy atom. The molecule has 1 aromatic rings. The quantitative estimate of drug-likeness (QED) is 0.243. The van der Waals surface area contributed by atoms with Crippen molar-refractivity contribution < 1.29 is 4.79 Å². The number of guanidine groups is 1. The Morgan fingerprint density at radius 3 is 2.60 bits per heavy atom. The summed E-state index contributed by atoms with van der Waals surface area (Å²) in [5, 5.41) is 9.48. The first-order valence-corrected chi connectivity index (χ1v) is 8.96. The number of hydrogen-bond acceptors (Lipinski definition) is 2. The molecule has 3 N–H and O–H groups in total. The molecule has 1 fully saturated rings. The van der Waals surface area contributed by atoms with E-state index in [4.69, 9.17) is 0 Å². The van der Waals surface area contributed by atoms with Gasteiger partial charge in [0.15, 0.2) is 5.96 Å². The minimum Gasteiger partial charge on any atom is -0.357 e. The highest BCUT2D eigenvalue weighted by Crippen LogP contribution is 2.28. The molecule has 0 saturated heterocycles. The molecule has 1 saturated carbocycles. The third-order valence-electron chi connectivity index (χ3n) is 4.14. The van der Waals surface area contributed by atoms with Crippen molar-refractivity contribution in [3.05, 3.63) is 35.4 Å². The summed E-state index contributed by atoms with van der Waals surface area (Å²) in [4.78, 5) is 16.3. The van der Waals surface area contributed by atoms with Gasteiger partial charge in [-0.1, -0.05) is 36.8 Å². The number of nitrogens with zero attached hydrogens (tertiary/aromatic N) is 1. The van der Waals surface area contributed by atoms with E-state index < -0.39 is 0 Å². The van der Waals surface area contributed by atoms with Crippen LogP contribution in [0.4, 0.5) is 0 Å². The van der Waals surface area contributed by atoms with Gasteiger partial charge < -0.3 is 16.0 Å². The Morgan fingerprint density at radius 2 is 1.96 bits per heavy atom. The third-order valence-corrected chi connectivity index (χ3v) is 4.14. The summed E-state index contributed by atoms with van der Waals surface area (Å²) in [6.07, 6.45) is 2.08. The van der Waals surface area contributed by atoms with Gasteiger partial charge in [0.1, 0.15) is 0 Å². The standard InChI is InChI=1S/C19H30N4O.HI/c1-4-20-19(22-11-10-21-18(24)16-8-9-16)23-13-15(3)17-7-5-6-14(2)12-17;/h5-7,12,15-16H,4,8-11,13H2,1-3H3,(H,21,24)(H2,20,22,23);1H. The zero-order chi connectivity index (χ0) is 17.4. The van der Waals surface area contributed by atoms with Crippen LogP contribution in [0.3, 0.4) is 0 Å². The summed E-state index contributed by atoms with van der Waals surface area (Å²) < 4.78 is 0. The molecule has 0 aliphatic heterocycles. The van der Waals surface area contributed by atoms with Crippen LogP contribution < -0.4 is 16.0 Å². The van der Waals surface area contributed by atoms with E-state index in [0.717, 1.165) is 31.9 Å². The Labute approximate surface area is 168 Å². The molecule has 1 atom stereocenters. The van der Waals surface area contributed by atoms with Crippen LogP contribution in [-0.2, 0) is 4.79 Å². The van der Waals surface area contributed by atoms with Crippen molar-refractivity contribution in [3.8, 4) is 0 Å². The molecule has 1 aliphatic rings. The molecule has 2 rings (SSSR count).